The van der Waals surface area contributed by atoms with Crippen molar-refractivity contribution in [3.05, 3.63) is 71.8 Å². The summed E-state index contributed by atoms with van der Waals surface area (Å²) in [6.07, 6.45) is -3.36. The fourth-order valence-corrected chi connectivity index (χ4v) is 4.10. The van der Waals surface area contributed by atoms with E-state index in [0.717, 1.165) is 11.1 Å². The molecule has 31 heavy (non-hydrogen) atoms. The lowest BCUT2D eigenvalue weighted by atomic mass is 9.98. The Morgan fingerprint density at radius 2 is 1.55 bits per heavy atom. The smallest absolute Gasteiger partial charge is 0.303 e. The standard InChI is InChI=1S/C23H27BrO7/c1-16(26)30-20-19(13-25)31-23(24,27-2)22(29-15-18-11-7-4-8-12-18)21(20)28-14-17-9-5-3-6-10-17/h3-12,19-22,25H,13-15H2,1-2H3/t19-,20-,21+,22-,23-/m1/s1. The predicted molar refractivity (Wildman–Crippen MR) is 116 cm³/mol. The van der Waals surface area contributed by atoms with Gasteiger partial charge < -0.3 is 28.8 Å². The molecule has 1 aliphatic heterocycles. The van der Waals surface area contributed by atoms with E-state index in [1.54, 1.807) is 0 Å². The summed E-state index contributed by atoms with van der Waals surface area (Å²) in [4.78, 5) is 11.8. The van der Waals surface area contributed by atoms with Crippen molar-refractivity contribution in [1.82, 2.24) is 0 Å². The number of hydrogen-bond acceptors (Lipinski definition) is 7. The molecule has 0 radical (unpaired) electrons. The van der Waals surface area contributed by atoms with E-state index in [4.69, 9.17) is 23.7 Å². The van der Waals surface area contributed by atoms with Gasteiger partial charge in [0.1, 0.15) is 12.2 Å². The zero-order valence-corrected chi connectivity index (χ0v) is 19.1. The molecule has 0 aliphatic carbocycles. The molecule has 1 fully saturated rings. The summed E-state index contributed by atoms with van der Waals surface area (Å²) in [6, 6.07) is 19.2. The first-order chi connectivity index (χ1) is 15.0. The average Bonchev–Trinajstić information content (AvgIpc) is 2.79. The Labute approximate surface area is 190 Å². The van der Waals surface area contributed by atoms with E-state index in [2.05, 4.69) is 15.9 Å². The second-order valence-electron chi connectivity index (χ2n) is 7.18. The molecule has 0 saturated carbocycles. The maximum Gasteiger partial charge on any atom is 0.303 e. The summed E-state index contributed by atoms with van der Waals surface area (Å²) in [5.41, 5.74) is 1.89. The molecule has 1 heterocycles. The van der Waals surface area contributed by atoms with Crippen molar-refractivity contribution in [2.75, 3.05) is 13.7 Å². The van der Waals surface area contributed by atoms with Crippen LogP contribution in [0.4, 0.5) is 0 Å². The third kappa shape index (κ3) is 6.12. The molecular formula is C23H27BrO7. The lowest BCUT2D eigenvalue weighted by Gasteiger charge is -2.48. The van der Waals surface area contributed by atoms with Crippen molar-refractivity contribution in [1.29, 1.82) is 0 Å². The minimum Gasteiger partial charge on any atom is -0.457 e. The number of alkyl halides is 1. The Hall–Kier alpha value is -1.81. The molecule has 0 unspecified atom stereocenters. The molecule has 8 heteroatoms. The van der Waals surface area contributed by atoms with Gasteiger partial charge in [0, 0.05) is 14.0 Å². The molecule has 3 rings (SSSR count). The number of carbonyl (C=O) groups excluding carboxylic acids is 1. The number of esters is 1. The van der Waals surface area contributed by atoms with Gasteiger partial charge >= 0.3 is 5.97 Å². The molecule has 1 aliphatic rings. The molecular weight excluding hydrogens is 468 g/mol. The molecule has 168 valence electrons. The number of aliphatic hydroxyl groups excluding tert-OH is 1. The van der Waals surface area contributed by atoms with Gasteiger partial charge in [-0.15, -0.1) is 0 Å². The Morgan fingerprint density at radius 1 is 1.00 bits per heavy atom. The molecule has 0 bridgehead atoms. The van der Waals surface area contributed by atoms with Crippen molar-refractivity contribution in [2.24, 2.45) is 0 Å². The highest BCUT2D eigenvalue weighted by molar-refractivity contribution is 9.10. The number of halogens is 1. The summed E-state index contributed by atoms with van der Waals surface area (Å²) in [5, 5.41) is 9.91. The second-order valence-corrected chi connectivity index (χ2v) is 8.28. The van der Waals surface area contributed by atoms with Crippen molar-refractivity contribution < 1.29 is 33.6 Å². The van der Waals surface area contributed by atoms with E-state index < -0.39 is 41.7 Å². The zero-order valence-electron chi connectivity index (χ0n) is 17.5. The van der Waals surface area contributed by atoms with Crippen LogP contribution in [0.2, 0.25) is 0 Å². The van der Waals surface area contributed by atoms with Crippen molar-refractivity contribution in [3.63, 3.8) is 0 Å². The van der Waals surface area contributed by atoms with Crippen LogP contribution in [0, 0.1) is 0 Å². The van der Waals surface area contributed by atoms with Crippen molar-refractivity contribution in [3.8, 4) is 0 Å². The monoisotopic (exact) mass is 494 g/mol. The lowest BCUT2D eigenvalue weighted by molar-refractivity contribution is -0.329. The number of ether oxygens (including phenoxy) is 5. The molecule has 5 atom stereocenters. The van der Waals surface area contributed by atoms with Crippen LogP contribution in [-0.4, -0.2) is 53.9 Å². The molecule has 0 amide bonds. The fourth-order valence-electron chi connectivity index (χ4n) is 3.46. The first-order valence-corrected chi connectivity index (χ1v) is 10.8. The van der Waals surface area contributed by atoms with Crippen LogP contribution in [0.5, 0.6) is 0 Å². The first kappa shape index (κ1) is 23.8. The quantitative estimate of drug-likeness (QED) is 0.423. The summed E-state index contributed by atoms with van der Waals surface area (Å²) in [5.74, 6) is -0.512. The van der Waals surface area contributed by atoms with Crippen LogP contribution < -0.4 is 0 Å². The van der Waals surface area contributed by atoms with Crippen LogP contribution in [0.3, 0.4) is 0 Å². The van der Waals surface area contributed by atoms with E-state index in [9.17, 15) is 9.90 Å². The molecule has 7 nitrogen and oxygen atoms in total. The van der Waals surface area contributed by atoms with Gasteiger partial charge in [-0.3, -0.25) is 4.79 Å². The highest BCUT2D eigenvalue weighted by atomic mass is 79.9. The first-order valence-electron chi connectivity index (χ1n) is 9.98. The van der Waals surface area contributed by atoms with Gasteiger partial charge in [0.15, 0.2) is 12.2 Å². The van der Waals surface area contributed by atoms with Crippen molar-refractivity contribution >= 4 is 21.9 Å². The average molecular weight is 495 g/mol. The third-order valence-electron chi connectivity index (χ3n) is 4.96. The van der Waals surface area contributed by atoms with E-state index in [1.807, 2.05) is 60.7 Å². The number of hydrogen-bond donors (Lipinski definition) is 1. The van der Waals surface area contributed by atoms with E-state index in [1.165, 1.54) is 14.0 Å². The van der Waals surface area contributed by atoms with Crippen LogP contribution >= 0.6 is 15.9 Å². The highest BCUT2D eigenvalue weighted by Gasteiger charge is 2.57. The van der Waals surface area contributed by atoms with Crippen LogP contribution in [-0.2, 0) is 41.7 Å². The number of carbonyl (C=O) groups is 1. The second kappa shape index (κ2) is 11.2. The largest absolute Gasteiger partial charge is 0.457 e. The summed E-state index contributed by atoms with van der Waals surface area (Å²) >= 11 is 3.48. The van der Waals surface area contributed by atoms with Crippen molar-refractivity contribution in [2.45, 2.75) is 49.2 Å². The van der Waals surface area contributed by atoms with Gasteiger partial charge in [0.2, 0.25) is 0 Å². The molecule has 0 spiro atoms. The van der Waals surface area contributed by atoms with E-state index in [-0.39, 0.29) is 13.2 Å². The third-order valence-corrected chi connectivity index (χ3v) is 5.92. The van der Waals surface area contributed by atoms with Crippen LogP contribution in [0.15, 0.2) is 60.7 Å². The minimum atomic E-state index is -1.41. The van der Waals surface area contributed by atoms with E-state index >= 15 is 0 Å². The lowest BCUT2D eigenvalue weighted by Crippen LogP contribution is -2.65. The highest BCUT2D eigenvalue weighted by Crippen LogP contribution is 2.40. The van der Waals surface area contributed by atoms with Crippen LogP contribution in [0.1, 0.15) is 18.1 Å². The Morgan fingerprint density at radius 3 is 2.03 bits per heavy atom. The fraction of sp³-hybridized carbons (Fsp3) is 0.435. The van der Waals surface area contributed by atoms with E-state index in [0.29, 0.717) is 0 Å². The van der Waals surface area contributed by atoms with Crippen LogP contribution in [0.25, 0.3) is 0 Å². The maximum atomic E-state index is 11.8. The molecule has 2 aromatic carbocycles. The Balaban J connectivity index is 1.89. The molecule has 2 aromatic rings. The molecule has 1 N–H and O–H groups in total. The topological polar surface area (TPSA) is 83.5 Å². The normalized spacial score (nSPS) is 28.3. The maximum absolute atomic E-state index is 11.8. The van der Waals surface area contributed by atoms with Gasteiger partial charge in [-0.2, -0.15) is 0 Å². The van der Waals surface area contributed by atoms with Gasteiger partial charge in [-0.1, -0.05) is 60.7 Å². The predicted octanol–water partition coefficient (Wildman–Crippen LogP) is 3.18. The molecule has 1 saturated heterocycles. The summed E-state index contributed by atoms with van der Waals surface area (Å²) in [6.45, 7) is 1.41. The van der Waals surface area contributed by atoms with Gasteiger partial charge in [-0.05, 0) is 27.1 Å². The Kier molecular flexibility index (Phi) is 8.59. The van der Waals surface area contributed by atoms with Gasteiger partial charge in [0.05, 0.1) is 19.8 Å². The zero-order chi connectivity index (χ0) is 22.3. The minimum absolute atomic E-state index is 0.249. The van der Waals surface area contributed by atoms with Gasteiger partial charge in [0.25, 0.3) is 4.70 Å². The Bertz CT molecular complexity index is 819. The number of methoxy groups -OCH3 is 1. The number of aliphatic hydroxyl groups is 1. The summed E-state index contributed by atoms with van der Waals surface area (Å²) < 4.78 is 28.0. The molecule has 0 aromatic heterocycles. The number of benzene rings is 2. The number of rotatable bonds is 9. The summed E-state index contributed by atoms with van der Waals surface area (Å²) in [7, 11) is 1.46. The van der Waals surface area contributed by atoms with Gasteiger partial charge in [-0.25, -0.2) is 0 Å². The SMILES string of the molecule is CO[C@@]1(Br)O[C@H](CO)[C@@H](OC(C)=O)[C@H](OCc2ccccc2)[C@H]1OCc1ccccc1.